The number of hydrogen-bond acceptors (Lipinski definition) is 5. The molecule has 0 unspecified atom stereocenters. The molecule has 0 bridgehead atoms. The summed E-state index contributed by atoms with van der Waals surface area (Å²) in [6.07, 6.45) is 1.71. The van der Waals surface area contributed by atoms with Crippen LogP contribution in [0.4, 0.5) is 5.13 Å². The third-order valence-corrected chi connectivity index (χ3v) is 3.70. The largest absolute Gasteiger partial charge is 0.383 e. The quantitative estimate of drug-likeness (QED) is 0.828. The molecule has 1 heterocycles. The predicted octanol–water partition coefficient (Wildman–Crippen LogP) is 2.15. The number of benzene rings is 1. The molecule has 20 heavy (non-hydrogen) atoms. The first-order valence-electron chi connectivity index (χ1n) is 6.21. The van der Waals surface area contributed by atoms with Gasteiger partial charge < -0.3 is 15.4 Å². The second-order valence-electron chi connectivity index (χ2n) is 4.27. The summed E-state index contributed by atoms with van der Waals surface area (Å²) in [6, 6.07) is 5.42. The van der Waals surface area contributed by atoms with Crippen molar-refractivity contribution in [2.75, 3.05) is 32.5 Å². The molecule has 0 radical (unpaired) electrons. The topological polar surface area (TPSA) is 68.5 Å². The number of nitrogens with two attached hydrogens (primary N) is 1. The van der Waals surface area contributed by atoms with E-state index in [4.69, 9.17) is 10.5 Å². The van der Waals surface area contributed by atoms with E-state index >= 15 is 0 Å². The van der Waals surface area contributed by atoms with E-state index in [-0.39, 0.29) is 5.91 Å². The number of carbonyl (C=O) groups is 1. The molecule has 6 heteroatoms. The van der Waals surface area contributed by atoms with Crippen molar-refractivity contribution in [1.82, 2.24) is 9.88 Å². The Morgan fingerprint density at radius 2 is 2.40 bits per heavy atom. The van der Waals surface area contributed by atoms with Gasteiger partial charge in [-0.2, -0.15) is 0 Å². The van der Waals surface area contributed by atoms with Gasteiger partial charge in [0.25, 0.3) is 5.91 Å². The predicted molar refractivity (Wildman–Crippen MR) is 82.0 cm³/mol. The minimum Gasteiger partial charge on any atom is -0.383 e. The Labute approximate surface area is 121 Å². The Balaban J connectivity index is 2.25. The second-order valence-corrected chi connectivity index (χ2v) is 5.33. The Bertz CT molecular complexity index is 624. The Hall–Kier alpha value is -1.92. The smallest absolute Gasteiger partial charge is 0.254 e. The molecule has 1 aromatic heterocycles. The number of carbonyl (C=O) groups excluding carboxylic acids is 1. The van der Waals surface area contributed by atoms with E-state index in [0.717, 1.165) is 10.2 Å². The van der Waals surface area contributed by atoms with Crippen LogP contribution >= 0.6 is 11.3 Å². The zero-order chi connectivity index (χ0) is 14.5. The molecular weight excluding hydrogens is 274 g/mol. The Morgan fingerprint density at radius 3 is 3.10 bits per heavy atom. The molecule has 0 saturated heterocycles. The van der Waals surface area contributed by atoms with Crippen molar-refractivity contribution < 1.29 is 9.53 Å². The molecular formula is C14H17N3O2S. The van der Waals surface area contributed by atoms with Crippen molar-refractivity contribution in [1.29, 1.82) is 0 Å². The van der Waals surface area contributed by atoms with E-state index in [9.17, 15) is 4.79 Å². The molecule has 0 spiro atoms. The first kappa shape index (κ1) is 14.5. The van der Waals surface area contributed by atoms with Crippen LogP contribution in [0.3, 0.4) is 0 Å². The van der Waals surface area contributed by atoms with Crippen LogP contribution in [0.15, 0.2) is 30.9 Å². The molecule has 0 aliphatic carbocycles. The van der Waals surface area contributed by atoms with Gasteiger partial charge in [0, 0.05) is 25.8 Å². The minimum atomic E-state index is -0.0455. The fourth-order valence-corrected chi connectivity index (χ4v) is 2.66. The summed E-state index contributed by atoms with van der Waals surface area (Å²) in [5.41, 5.74) is 7.11. The maximum absolute atomic E-state index is 12.5. The maximum atomic E-state index is 12.5. The Morgan fingerprint density at radius 1 is 1.60 bits per heavy atom. The van der Waals surface area contributed by atoms with Gasteiger partial charge in [0.05, 0.1) is 16.8 Å². The number of anilines is 1. The van der Waals surface area contributed by atoms with Gasteiger partial charge in [-0.25, -0.2) is 4.98 Å². The van der Waals surface area contributed by atoms with E-state index < -0.39 is 0 Å². The fourth-order valence-electron chi connectivity index (χ4n) is 1.89. The van der Waals surface area contributed by atoms with Crippen molar-refractivity contribution in [3.8, 4) is 0 Å². The summed E-state index contributed by atoms with van der Waals surface area (Å²) in [5, 5.41) is 0.506. The second kappa shape index (κ2) is 6.49. The number of thiazole rings is 1. The number of amides is 1. The normalized spacial score (nSPS) is 10.7. The van der Waals surface area contributed by atoms with Crippen molar-refractivity contribution in [3.63, 3.8) is 0 Å². The van der Waals surface area contributed by atoms with Crippen molar-refractivity contribution in [3.05, 3.63) is 36.4 Å². The monoisotopic (exact) mass is 291 g/mol. The van der Waals surface area contributed by atoms with Crippen LogP contribution in [0.1, 0.15) is 10.4 Å². The third-order valence-electron chi connectivity index (χ3n) is 2.85. The van der Waals surface area contributed by atoms with Crippen LogP contribution in [0.5, 0.6) is 0 Å². The molecule has 106 valence electrons. The number of fused-ring (bicyclic) bond motifs is 1. The summed E-state index contributed by atoms with van der Waals surface area (Å²) >= 11 is 1.38. The van der Waals surface area contributed by atoms with Crippen molar-refractivity contribution in [2.45, 2.75) is 0 Å². The van der Waals surface area contributed by atoms with Gasteiger partial charge in [0.1, 0.15) is 0 Å². The average Bonchev–Trinajstić information content (AvgIpc) is 2.81. The molecule has 1 amide bonds. The van der Waals surface area contributed by atoms with Gasteiger partial charge in [-0.3, -0.25) is 4.79 Å². The van der Waals surface area contributed by atoms with Crippen molar-refractivity contribution in [2.24, 2.45) is 0 Å². The molecule has 2 aromatic rings. The lowest BCUT2D eigenvalue weighted by Gasteiger charge is -2.20. The van der Waals surface area contributed by atoms with E-state index in [2.05, 4.69) is 11.6 Å². The zero-order valence-corrected chi connectivity index (χ0v) is 12.2. The molecule has 0 aliphatic heterocycles. The number of nitrogen functional groups attached to an aromatic ring is 1. The van der Waals surface area contributed by atoms with Gasteiger partial charge in [-0.05, 0) is 18.2 Å². The van der Waals surface area contributed by atoms with Crippen LogP contribution in [-0.2, 0) is 4.74 Å². The Kier molecular flexibility index (Phi) is 4.70. The standard InChI is InChI=1S/C14H17N3O2S/c1-3-6-17(7-8-19-2)13(18)10-4-5-11-12(9-10)20-14(15)16-11/h3-5,9H,1,6-8H2,2H3,(H2,15,16). The van der Waals surface area contributed by atoms with Gasteiger partial charge in [0.15, 0.2) is 5.13 Å². The summed E-state index contributed by atoms with van der Waals surface area (Å²) in [5.74, 6) is -0.0455. The summed E-state index contributed by atoms with van der Waals surface area (Å²) in [7, 11) is 1.61. The molecule has 0 saturated carbocycles. The van der Waals surface area contributed by atoms with E-state index in [1.54, 1.807) is 24.2 Å². The summed E-state index contributed by atoms with van der Waals surface area (Å²) < 4.78 is 5.94. The number of nitrogens with zero attached hydrogens (tertiary/aromatic N) is 2. The van der Waals surface area contributed by atoms with Crippen LogP contribution < -0.4 is 5.73 Å². The molecule has 1 aromatic carbocycles. The number of rotatable bonds is 6. The van der Waals surface area contributed by atoms with E-state index in [1.165, 1.54) is 11.3 Å². The highest BCUT2D eigenvalue weighted by Gasteiger charge is 2.15. The van der Waals surface area contributed by atoms with Gasteiger partial charge in [-0.15, -0.1) is 6.58 Å². The number of aromatic nitrogens is 1. The highest BCUT2D eigenvalue weighted by molar-refractivity contribution is 7.22. The first-order chi connectivity index (χ1) is 9.65. The maximum Gasteiger partial charge on any atom is 0.254 e. The SMILES string of the molecule is C=CCN(CCOC)C(=O)c1ccc2nc(N)sc2c1. The lowest BCUT2D eigenvalue weighted by molar-refractivity contribution is 0.0718. The molecule has 0 fully saturated rings. The zero-order valence-electron chi connectivity index (χ0n) is 11.3. The van der Waals surface area contributed by atoms with Crippen LogP contribution in [0, 0.1) is 0 Å². The van der Waals surface area contributed by atoms with Gasteiger partial charge in [0.2, 0.25) is 0 Å². The van der Waals surface area contributed by atoms with Crippen molar-refractivity contribution >= 4 is 32.6 Å². The highest BCUT2D eigenvalue weighted by atomic mass is 32.1. The highest BCUT2D eigenvalue weighted by Crippen LogP contribution is 2.25. The fraction of sp³-hybridized carbons (Fsp3) is 0.286. The summed E-state index contributed by atoms with van der Waals surface area (Å²) in [6.45, 7) is 5.20. The lowest BCUT2D eigenvalue weighted by Crippen LogP contribution is -2.34. The molecule has 0 aliphatic rings. The number of hydrogen-bond donors (Lipinski definition) is 1. The molecule has 2 N–H and O–H groups in total. The van der Waals surface area contributed by atoms with Gasteiger partial charge in [-0.1, -0.05) is 17.4 Å². The molecule has 0 atom stereocenters. The van der Waals surface area contributed by atoms with Crippen LogP contribution in [-0.4, -0.2) is 42.6 Å². The van der Waals surface area contributed by atoms with Gasteiger partial charge >= 0.3 is 0 Å². The summed E-state index contributed by atoms with van der Waals surface area (Å²) in [4.78, 5) is 18.3. The lowest BCUT2D eigenvalue weighted by atomic mass is 10.2. The number of ether oxygens (including phenoxy) is 1. The minimum absolute atomic E-state index is 0.0455. The molecule has 2 rings (SSSR count). The average molecular weight is 291 g/mol. The van der Waals surface area contributed by atoms with E-state index in [0.29, 0.717) is 30.4 Å². The third kappa shape index (κ3) is 3.15. The van der Waals surface area contributed by atoms with E-state index in [1.807, 2.05) is 12.1 Å². The molecule has 5 nitrogen and oxygen atoms in total. The van der Waals surface area contributed by atoms with Crippen LogP contribution in [0.2, 0.25) is 0 Å². The number of methoxy groups -OCH3 is 1. The first-order valence-corrected chi connectivity index (χ1v) is 7.02. The van der Waals surface area contributed by atoms with Crippen LogP contribution in [0.25, 0.3) is 10.2 Å².